The Bertz CT molecular complexity index is 392. The fourth-order valence-electron chi connectivity index (χ4n) is 2.40. The predicted molar refractivity (Wildman–Crippen MR) is 76.3 cm³/mol. The van der Waals surface area contributed by atoms with Crippen LogP contribution in [0.5, 0.6) is 0 Å². The highest BCUT2D eigenvalue weighted by atomic mass is 16.5. The summed E-state index contributed by atoms with van der Waals surface area (Å²) in [7, 11) is 0. The summed E-state index contributed by atoms with van der Waals surface area (Å²) in [6.07, 6.45) is 0.906. The Labute approximate surface area is 111 Å². The number of hydrogen-bond donors (Lipinski definition) is 2. The molecule has 0 saturated heterocycles. The van der Waals surface area contributed by atoms with Crippen LogP contribution >= 0.6 is 0 Å². The molecule has 3 heteroatoms. The molecule has 0 aromatic heterocycles. The summed E-state index contributed by atoms with van der Waals surface area (Å²) in [6, 6.07) is 6.32. The van der Waals surface area contributed by atoms with Crippen molar-refractivity contribution in [1.29, 1.82) is 0 Å². The third-order valence-electron chi connectivity index (χ3n) is 3.91. The highest BCUT2D eigenvalue weighted by Gasteiger charge is 2.34. The number of hydrazine groups is 1. The summed E-state index contributed by atoms with van der Waals surface area (Å²) in [5, 5.41) is 0. The zero-order chi connectivity index (χ0) is 13.8. The summed E-state index contributed by atoms with van der Waals surface area (Å²) < 4.78 is 5.94. The van der Waals surface area contributed by atoms with Crippen molar-refractivity contribution in [3.05, 3.63) is 34.9 Å². The molecule has 2 atom stereocenters. The lowest BCUT2D eigenvalue weighted by molar-refractivity contribution is -0.0565. The van der Waals surface area contributed by atoms with Gasteiger partial charge in [0.2, 0.25) is 0 Å². The molecule has 0 radical (unpaired) electrons. The van der Waals surface area contributed by atoms with E-state index in [-0.39, 0.29) is 11.6 Å². The summed E-state index contributed by atoms with van der Waals surface area (Å²) in [6.45, 7) is 11.2. The quantitative estimate of drug-likeness (QED) is 0.602. The van der Waals surface area contributed by atoms with Crippen LogP contribution in [0.2, 0.25) is 0 Å². The van der Waals surface area contributed by atoms with Gasteiger partial charge in [0.15, 0.2) is 0 Å². The second-order valence-electron chi connectivity index (χ2n) is 4.99. The fourth-order valence-corrected chi connectivity index (χ4v) is 2.40. The van der Waals surface area contributed by atoms with Crippen molar-refractivity contribution in [2.24, 2.45) is 5.84 Å². The number of hydrogen-bond acceptors (Lipinski definition) is 3. The van der Waals surface area contributed by atoms with Gasteiger partial charge >= 0.3 is 0 Å². The summed E-state index contributed by atoms with van der Waals surface area (Å²) >= 11 is 0. The minimum atomic E-state index is -0.290. The van der Waals surface area contributed by atoms with Crippen molar-refractivity contribution >= 4 is 0 Å². The summed E-state index contributed by atoms with van der Waals surface area (Å²) in [4.78, 5) is 0. The largest absolute Gasteiger partial charge is 0.374 e. The number of rotatable bonds is 6. The van der Waals surface area contributed by atoms with Gasteiger partial charge in [0.25, 0.3) is 0 Å². The molecule has 18 heavy (non-hydrogen) atoms. The van der Waals surface area contributed by atoms with E-state index in [2.05, 4.69) is 51.3 Å². The average Bonchev–Trinajstić information content (AvgIpc) is 2.35. The predicted octanol–water partition coefficient (Wildman–Crippen LogP) is 3.01. The lowest BCUT2D eigenvalue weighted by Gasteiger charge is -2.37. The van der Waals surface area contributed by atoms with Crippen molar-refractivity contribution in [3.63, 3.8) is 0 Å². The molecule has 3 N–H and O–H groups in total. The van der Waals surface area contributed by atoms with Crippen LogP contribution in [-0.4, -0.2) is 12.2 Å². The van der Waals surface area contributed by atoms with E-state index in [0.717, 1.165) is 6.42 Å². The SMILES string of the molecule is CCOC(C)(CC)C(NN)c1cccc(C)c1C. The first-order valence-corrected chi connectivity index (χ1v) is 6.66. The Balaban J connectivity index is 3.19. The number of nitrogens with one attached hydrogen (secondary N) is 1. The molecule has 0 fully saturated rings. The van der Waals surface area contributed by atoms with E-state index in [9.17, 15) is 0 Å². The third-order valence-corrected chi connectivity index (χ3v) is 3.91. The van der Waals surface area contributed by atoms with Gasteiger partial charge in [-0.05, 0) is 50.8 Å². The van der Waals surface area contributed by atoms with Crippen molar-refractivity contribution in [3.8, 4) is 0 Å². The van der Waals surface area contributed by atoms with E-state index in [4.69, 9.17) is 10.6 Å². The highest BCUT2D eigenvalue weighted by Crippen LogP contribution is 2.33. The van der Waals surface area contributed by atoms with Crippen LogP contribution in [0.3, 0.4) is 0 Å². The minimum absolute atomic E-state index is 0.00218. The Kier molecular flexibility index (Phi) is 5.32. The van der Waals surface area contributed by atoms with Gasteiger partial charge in [0.05, 0.1) is 11.6 Å². The second kappa shape index (κ2) is 6.32. The van der Waals surface area contributed by atoms with Gasteiger partial charge < -0.3 is 4.74 Å². The average molecular weight is 250 g/mol. The van der Waals surface area contributed by atoms with Crippen LogP contribution in [0.25, 0.3) is 0 Å². The first kappa shape index (κ1) is 15.2. The van der Waals surface area contributed by atoms with Gasteiger partial charge in [0, 0.05) is 6.61 Å². The normalized spacial score (nSPS) is 16.3. The first-order valence-electron chi connectivity index (χ1n) is 6.66. The maximum Gasteiger partial charge on any atom is 0.0858 e. The number of aryl methyl sites for hydroxylation is 1. The smallest absolute Gasteiger partial charge is 0.0858 e. The van der Waals surface area contributed by atoms with Crippen LogP contribution in [0.15, 0.2) is 18.2 Å². The van der Waals surface area contributed by atoms with E-state index in [1.54, 1.807) is 0 Å². The molecule has 0 amide bonds. The molecule has 102 valence electrons. The zero-order valence-electron chi connectivity index (χ0n) is 12.2. The molecule has 0 spiro atoms. The van der Waals surface area contributed by atoms with E-state index in [0.29, 0.717) is 6.61 Å². The van der Waals surface area contributed by atoms with Crippen LogP contribution in [0, 0.1) is 13.8 Å². The van der Waals surface area contributed by atoms with Crippen molar-refractivity contribution in [2.45, 2.75) is 52.7 Å². The van der Waals surface area contributed by atoms with Gasteiger partial charge in [-0.25, -0.2) is 0 Å². The highest BCUT2D eigenvalue weighted by molar-refractivity contribution is 5.36. The van der Waals surface area contributed by atoms with Crippen molar-refractivity contribution < 1.29 is 4.74 Å². The summed E-state index contributed by atoms with van der Waals surface area (Å²) in [5.74, 6) is 5.79. The van der Waals surface area contributed by atoms with E-state index >= 15 is 0 Å². The molecular formula is C15H26N2O. The Morgan fingerprint density at radius 3 is 2.50 bits per heavy atom. The van der Waals surface area contributed by atoms with Gasteiger partial charge in [-0.3, -0.25) is 11.3 Å². The van der Waals surface area contributed by atoms with Gasteiger partial charge in [-0.1, -0.05) is 25.1 Å². The molecule has 1 rings (SSSR count). The van der Waals surface area contributed by atoms with E-state index < -0.39 is 0 Å². The molecule has 0 aliphatic heterocycles. The Morgan fingerprint density at radius 1 is 1.33 bits per heavy atom. The molecule has 0 heterocycles. The first-order chi connectivity index (χ1) is 8.50. The molecule has 0 bridgehead atoms. The topological polar surface area (TPSA) is 47.3 Å². The van der Waals surface area contributed by atoms with Crippen molar-refractivity contribution in [2.75, 3.05) is 6.61 Å². The van der Waals surface area contributed by atoms with Gasteiger partial charge in [0.1, 0.15) is 0 Å². The Hall–Kier alpha value is -0.900. The minimum Gasteiger partial charge on any atom is -0.374 e. The molecule has 0 aliphatic carbocycles. The maximum atomic E-state index is 5.94. The van der Waals surface area contributed by atoms with Crippen molar-refractivity contribution in [1.82, 2.24) is 5.43 Å². The van der Waals surface area contributed by atoms with Crippen LogP contribution < -0.4 is 11.3 Å². The number of benzene rings is 1. The fraction of sp³-hybridized carbons (Fsp3) is 0.600. The second-order valence-corrected chi connectivity index (χ2v) is 4.99. The van der Waals surface area contributed by atoms with Crippen LogP contribution in [0.4, 0.5) is 0 Å². The van der Waals surface area contributed by atoms with Crippen LogP contribution in [-0.2, 0) is 4.74 Å². The molecule has 1 aromatic carbocycles. The molecular weight excluding hydrogens is 224 g/mol. The lowest BCUT2D eigenvalue weighted by Crippen LogP contribution is -2.46. The molecule has 0 aliphatic rings. The Morgan fingerprint density at radius 2 is 2.00 bits per heavy atom. The van der Waals surface area contributed by atoms with Crippen LogP contribution in [0.1, 0.15) is 49.9 Å². The molecule has 2 unspecified atom stereocenters. The number of ether oxygens (including phenoxy) is 1. The molecule has 1 aromatic rings. The van der Waals surface area contributed by atoms with E-state index in [1.165, 1.54) is 16.7 Å². The van der Waals surface area contributed by atoms with Gasteiger partial charge in [-0.2, -0.15) is 0 Å². The molecule has 3 nitrogen and oxygen atoms in total. The third kappa shape index (κ3) is 2.91. The maximum absolute atomic E-state index is 5.94. The number of nitrogens with two attached hydrogens (primary N) is 1. The van der Waals surface area contributed by atoms with E-state index in [1.807, 2.05) is 6.92 Å². The monoisotopic (exact) mass is 250 g/mol. The molecule has 0 saturated carbocycles. The standard InChI is InChI=1S/C15H26N2O/c1-6-15(5,18-7-2)14(17-16)13-10-8-9-11(3)12(13)4/h8-10,14,17H,6-7,16H2,1-5H3. The lowest BCUT2D eigenvalue weighted by atomic mass is 9.85. The summed E-state index contributed by atoms with van der Waals surface area (Å²) in [5.41, 5.74) is 6.42. The van der Waals surface area contributed by atoms with Gasteiger partial charge in [-0.15, -0.1) is 0 Å². The zero-order valence-corrected chi connectivity index (χ0v) is 12.2.